The lowest BCUT2D eigenvalue weighted by Crippen LogP contribution is -2.22. The maximum absolute atomic E-state index is 10.9. The van der Waals surface area contributed by atoms with Gasteiger partial charge in [-0.05, 0) is 6.42 Å². The molecule has 0 bridgehead atoms. The van der Waals surface area contributed by atoms with Crippen molar-refractivity contribution in [2.75, 3.05) is 6.54 Å². The maximum atomic E-state index is 10.9. The van der Waals surface area contributed by atoms with Crippen LogP contribution in [0.2, 0.25) is 0 Å². The van der Waals surface area contributed by atoms with E-state index in [4.69, 9.17) is 5.41 Å². The fourth-order valence-corrected chi connectivity index (χ4v) is 1.46. The van der Waals surface area contributed by atoms with E-state index in [1.807, 2.05) is 6.92 Å². The number of rotatable bonds is 5. The van der Waals surface area contributed by atoms with Crippen molar-refractivity contribution < 1.29 is 9.85 Å². The Hall–Kier alpha value is -2.60. The average Bonchev–Trinajstić information content (AvgIpc) is 2.38. The molecule has 0 heterocycles. The Morgan fingerprint density at radius 1 is 1.26 bits per heavy atom. The third-order valence-corrected chi connectivity index (χ3v) is 2.37. The molecule has 0 fully saturated rings. The van der Waals surface area contributed by atoms with E-state index in [9.17, 15) is 20.2 Å². The molecule has 0 aromatic rings. The third kappa shape index (κ3) is 3.43. The topological polar surface area (TPSA) is 121 Å². The van der Waals surface area contributed by atoms with Crippen LogP contribution in [0.15, 0.2) is 34.1 Å². The molecule has 1 aliphatic carbocycles. The van der Waals surface area contributed by atoms with Gasteiger partial charge in [0.05, 0.1) is 9.85 Å². The highest BCUT2D eigenvalue weighted by atomic mass is 16.6. The van der Waals surface area contributed by atoms with Crippen LogP contribution in [0.3, 0.4) is 0 Å². The average molecular weight is 263 g/mol. The second-order valence-corrected chi connectivity index (χ2v) is 3.72. The highest BCUT2D eigenvalue weighted by Gasteiger charge is 2.34. The van der Waals surface area contributed by atoms with E-state index in [-0.39, 0.29) is 17.8 Å². The first-order valence-electron chi connectivity index (χ1n) is 5.55. The number of nitro groups is 2. The largest absolute Gasteiger partial charge is 0.763 e. The Balaban J connectivity index is 3.30. The molecule has 19 heavy (non-hydrogen) atoms. The van der Waals surface area contributed by atoms with Crippen LogP contribution in [-0.2, 0) is 0 Å². The SMILES string of the molecule is CCCCN=C1C([N+](=O)[O-])=CC(=C=[N-])C=C1[N+](=O)[O-]. The second kappa shape index (κ2) is 6.36. The van der Waals surface area contributed by atoms with Crippen molar-refractivity contribution in [2.45, 2.75) is 19.8 Å². The van der Waals surface area contributed by atoms with Crippen molar-refractivity contribution in [2.24, 2.45) is 4.99 Å². The van der Waals surface area contributed by atoms with Gasteiger partial charge in [0.25, 0.3) is 0 Å². The molecule has 8 nitrogen and oxygen atoms in total. The molecule has 0 N–H and O–H groups in total. The molecule has 1 rings (SSSR count). The van der Waals surface area contributed by atoms with Gasteiger partial charge in [0.15, 0.2) is 0 Å². The minimum atomic E-state index is -0.765. The number of aliphatic imine (C=N–C) groups is 1. The first kappa shape index (κ1) is 14.5. The van der Waals surface area contributed by atoms with E-state index in [2.05, 4.69) is 4.99 Å². The summed E-state index contributed by atoms with van der Waals surface area (Å²) in [7, 11) is 0. The molecule has 0 radical (unpaired) electrons. The van der Waals surface area contributed by atoms with Gasteiger partial charge in [0, 0.05) is 24.3 Å². The van der Waals surface area contributed by atoms with Crippen LogP contribution in [0.4, 0.5) is 0 Å². The number of unbranched alkanes of at least 4 members (excludes halogenated alkanes) is 1. The fourth-order valence-electron chi connectivity index (χ4n) is 1.46. The standard InChI is InChI=1S/C11H11N4O4/c1-2-3-4-13-11-9(14(16)17)5-8(7-12)6-10(11)15(18)19/h5-6H,2-4H2,1H3/q-1. The maximum Gasteiger partial charge on any atom is 0.302 e. The van der Waals surface area contributed by atoms with E-state index >= 15 is 0 Å². The fraction of sp³-hybridized carbons (Fsp3) is 0.364. The van der Waals surface area contributed by atoms with Gasteiger partial charge in [-0.15, -0.1) is 0 Å². The van der Waals surface area contributed by atoms with Crippen LogP contribution >= 0.6 is 0 Å². The first-order chi connectivity index (χ1) is 9.01. The highest BCUT2D eigenvalue weighted by molar-refractivity contribution is 6.11. The quantitative estimate of drug-likeness (QED) is 0.324. The van der Waals surface area contributed by atoms with Crippen LogP contribution in [-0.4, -0.2) is 28.0 Å². The third-order valence-electron chi connectivity index (χ3n) is 2.37. The van der Waals surface area contributed by atoms with E-state index in [1.54, 1.807) is 5.87 Å². The van der Waals surface area contributed by atoms with Gasteiger partial charge < -0.3 is 5.41 Å². The van der Waals surface area contributed by atoms with Gasteiger partial charge in [-0.3, -0.25) is 31.1 Å². The van der Waals surface area contributed by atoms with Crippen molar-refractivity contribution in [1.82, 2.24) is 0 Å². The summed E-state index contributed by atoms with van der Waals surface area (Å²) in [6.45, 7) is 2.18. The smallest absolute Gasteiger partial charge is 0.302 e. The minimum absolute atomic E-state index is 0.132. The molecular weight excluding hydrogens is 252 g/mol. The summed E-state index contributed by atoms with van der Waals surface area (Å²) in [5.41, 5.74) is -1.43. The van der Waals surface area contributed by atoms with E-state index < -0.39 is 21.2 Å². The monoisotopic (exact) mass is 263 g/mol. The summed E-state index contributed by atoms with van der Waals surface area (Å²) >= 11 is 0. The molecule has 0 unspecified atom stereocenters. The molecule has 0 amide bonds. The van der Waals surface area contributed by atoms with Crippen LogP contribution in [0.1, 0.15) is 19.8 Å². The van der Waals surface area contributed by atoms with Gasteiger partial charge >= 0.3 is 11.4 Å². The lowest BCUT2D eigenvalue weighted by Gasteiger charge is -2.07. The molecule has 0 aliphatic heterocycles. The van der Waals surface area contributed by atoms with Crippen LogP contribution in [0.25, 0.3) is 5.41 Å². The molecule has 8 heteroatoms. The van der Waals surface area contributed by atoms with Gasteiger partial charge in [-0.25, -0.2) is 0 Å². The van der Waals surface area contributed by atoms with Gasteiger partial charge in [0.2, 0.25) is 5.71 Å². The van der Waals surface area contributed by atoms with E-state index in [0.29, 0.717) is 6.42 Å². The number of hydrogen-bond donors (Lipinski definition) is 0. The van der Waals surface area contributed by atoms with Crippen molar-refractivity contribution in [1.29, 1.82) is 0 Å². The van der Waals surface area contributed by atoms with Gasteiger partial charge in [-0.1, -0.05) is 13.3 Å². The Morgan fingerprint density at radius 2 is 1.79 bits per heavy atom. The summed E-state index contributed by atoms with van der Waals surface area (Å²) in [4.78, 5) is 24.2. The normalized spacial score (nSPS) is 14.4. The van der Waals surface area contributed by atoms with Crippen molar-refractivity contribution in [3.8, 4) is 0 Å². The number of allylic oxidation sites excluding steroid dienone is 3. The molecule has 0 spiro atoms. The molecule has 0 saturated carbocycles. The summed E-state index contributed by atoms with van der Waals surface area (Å²) < 4.78 is 0. The van der Waals surface area contributed by atoms with E-state index in [1.165, 1.54) is 0 Å². The number of hydrogen-bond acceptors (Lipinski definition) is 5. The molecule has 0 aromatic carbocycles. The molecule has 1 aliphatic rings. The number of nitrogens with zero attached hydrogens (tertiary/aromatic N) is 4. The first-order valence-corrected chi connectivity index (χ1v) is 5.55. The van der Waals surface area contributed by atoms with Crippen LogP contribution < -0.4 is 0 Å². The lowest BCUT2D eigenvalue weighted by atomic mass is 10.0. The van der Waals surface area contributed by atoms with Crippen molar-refractivity contribution in [3.63, 3.8) is 0 Å². The Morgan fingerprint density at radius 3 is 2.16 bits per heavy atom. The Labute approximate surface area is 108 Å². The highest BCUT2D eigenvalue weighted by Crippen LogP contribution is 2.20. The Bertz CT molecular complexity index is 517. The molecule has 0 saturated heterocycles. The van der Waals surface area contributed by atoms with Crippen molar-refractivity contribution in [3.05, 3.63) is 54.8 Å². The summed E-state index contributed by atoms with van der Waals surface area (Å²) in [5.74, 6) is 1.66. The van der Waals surface area contributed by atoms with E-state index in [0.717, 1.165) is 18.6 Å². The molecule has 0 atom stereocenters. The van der Waals surface area contributed by atoms with Gasteiger partial charge in [-0.2, -0.15) is 0 Å². The zero-order chi connectivity index (χ0) is 14.4. The zero-order valence-corrected chi connectivity index (χ0v) is 10.2. The van der Waals surface area contributed by atoms with Gasteiger partial charge in [0.1, 0.15) is 0 Å². The lowest BCUT2D eigenvalue weighted by molar-refractivity contribution is -0.427. The van der Waals surface area contributed by atoms with Crippen molar-refractivity contribution >= 4 is 11.6 Å². The predicted molar refractivity (Wildman–Crippen MR) is 69.2 cm³/mol. The zero-order valence-electron chi connectivity index (χ0n) is 10.2. The second-order valence-electron chi connectivity index (χ2n) is 3.72. The summed E-state index contributed by atoms with van der Waals surface area (Å²) in [6, 6.07) is 0. The van der Waals surface area contributed by atoms with Crippen LogP contribution in [0, 0.1) is 20.2 Å². The molecular formula is C11H11N4O4-. The predicted octanol–water partition coefficient (Wildman–Crippen LogP) is 1.73. The molecule has 0 aromatic heterocycles. The minimum Gasteiger partial charge on any atom is -0.763 e. The molecule has 100 valence electrons. The Kier molecular flexibility index (Phi) is 4.84. The summed E-state index contributed by atoms with van der Waals surface area (Å²) in [5, 5.41) is 30.6. The summed E-state index contributed by atoms with van der Waals surface area (Å²) in [6.07, 6.45) is 3.49. The van der Waals surface area contributed by atoms with Crippen LogP contribution in [0.5, 0.6) is 0 Å².